The van der Waals surface area contributed by atoms with Gasteiger partial charge in [-0.25, -0.2) is 9.78 Å². The molecule has 2 rings (SSSR count). The summed E-state index contributed by atoms with van der Waals surface area (Å²) in [6.07, 6.45) is 2.56. The lowest BCUT2D eigenvalue weighted by Crippen LogP contribution is -2.36. The van der Waals surface area contributed by atoms with Crippen LogP contribution in [0.5, 0.6) is 0 Å². The summed E-state index contributed by atoms with van der Waals surface area (Å²) < 4.78 is 2.76. The summed E-state index contributed by atoms with van der Waals surface area (Å²) >= 11 is 0. The summed E-state index contributed by atoms with van der Waals surface area (Å²) in [6.45, 7) is 4.54. The number of hydrogen-bond acceptors (Lipinski definition) is 4. The van der Waals surface area contributed by atoms with Crippen LogP contribution in [0.4, 0.5) is 0 Å². The number of nitrogens with zero attached hydrogens (tertiary/aromatic N) is 4. The Kier molecular flexibility index (Phi) is 2.79. The summed E-state index contributed by atoms with van der Waals surface area (Å²) in [4.78, 5) is 31.6. The van der Waals surface area contributed by atoms with Gasteiger partial charge in [-0.2, -0.15) is 4.98 Å². The third-order valence-electron chi connectivity index (χ3n) is 2.74. The second-order valence-electron chi connectivity index (χ2n) is 3.80. The molecule has 2 aliphatic heterocycles. The van der Waals surface area contributed by atoms with Crippen LogP contribution < -0.4 is 11.2 Å². The first kappa shape index (κ1) is 11.5. The number of aryl methyl sites for hydroxylation is 2. The summed E-state index contributed by atoms with van der Waals surface area (Å²) in [7, 11) is 1.41. The van der Waals surface area contributed by atoms with E-state index in [9.17, 15) is 9.59 Å². The SMILES string of the molecule is CCc1cn(CC)c2nc(=O)n(C)c(=O)c-2n1. The van der Waals surface area contributed by atoms with E-state index < -0.39 is 11.2 Å². The molecule has 0 saturated carbocycles. The van der Waals surface area contributed by atoms with Crippen molar-refractivity contribution in [3.8, 4) is 11.5 Å². The van der Waals surface area contributed by atoms with Crippen LogP contribution in [0.1, 0.15) is 19.5 Å². The molecule has 0 saturated heterocycles. The molecule has 0 aromatic carbocycles. The average molecular weight is 234 g/mol. The zero-order chi connectivity index (χ0) is 12.6. The molecular formula is C11H14N4O2. The van der Waals surface area contributed by atoms with E-state index in [1.54, 1.807) is 4.57 Å². The molecule has 0 radical (unpaired) electrons. The number of hydrogen-bond donors (Lipinski definition) is 0. The van der Waals surface area contributed by atoms with Crippen molar-refractivity contribution >= 4 is 0 Å². The van der Waals surface area contributed by atoms with Crippen molar-refractivity contribution in [2.45, 2.75) is 26.8 Å². The molecular weight excluding hydrogens is 220 g/mol. The second kappa shape index (κ2) is 4.12. The van der Waals surface area contributed by atoms with Gasteiger partial charge in [0.15, 0.2) is 11.5 Å². The second-order valence-corrected chi connectivity index (χ2v) is 3.80. The standard InChI is InChI=1S/C11H14N4O2/c1-4-7-6-15(5-2)9-8(12-7)10(16)14(3)11(17)13-9/h6H,4-5H2,1-3H3. The van der Waals surface area contributed by atoms with E-state index in [1.165, 1.54) is 7.05 Å². The molecule has 6 heteroatoms. The Hall–Kier alpha value is -1.98. The van der Waals surface area contributed by atoms with Crippen molar-refractivity contribution in [2.75, 3.05) is 0 Å². The van der Waals surface area contributed by atoms with Crippen LogP contribution in [-0.2, 0) is 20.0 Å². The van der Waals surface area contributed by atoms with Crippen LogP contribution in [0, 0.1) is 0 Å². The monoisotopic (exact) mass is 234 g/mol. The van der Waals surface area contributed by atoms with E-state index in [-0.39, 0.29) is 5.69 Å². The predicted molar refractivity (Wildman–Crippen MR) is 63.2 cm³/mol. The molecule has 0 atom stereocenters. The van der Waals surface area contributed by atoms with Gasteiger partial charge in [-0.1, -0.05) is 6.92 Å². The number of rotatable bonds is 2. The highest BCUT2D eigenvalue weighted by atomic mass is 16.2. The Morgan fingerprint density at radius 1 is 1.24 bits per heavy atom. The first-order chi connectivity index (χ1) is 8.08. The van der Waals surface area contributed by atoms with Crippen LogP contribution in [0.3, 0.4) is 0 Å². The van der Waals surface area contributed by atoms with E-state index in [4.69, 9.17) is 0 Å². The van der Waals surface area contributed by atoms with E-state index in [0.717, 1.165) is 16.7 Å². The quantitative estimate of drug-likeness (QED) is 0.734. The van der Waals surface area contributed by atoms with Crippen molar-refractivity contribution < 1.29 is 0 Å². The molecule has 0 aromatic heterocycles. The van der Waals surface area contributed by atoms with E-state index in [1.807, 2.05) is 20.0 Å². The first-order valence-electron chi connectivity index (χ1n) is 5.55. The number of aromatic nitrogens is 4. The largest absolute Gasteiger partial charge is 0.352 e. The fourth-order valence-corrected chi connectivity index (χ4v) is 1.68. The fourth-order valence-electron chi connectivity index (χ4n) is 1.68. The van der Waals surface area contributed by atoms with Gasteiger partial charge in [0.05, 0.1) is 5.69 Å². The van der Waals surface area contributed by atoms with Crippen molar-refractivity contribution in [1.82, 2.24) is 19.1 Å². The third kappa shape index (κ3) is 1.75. The molecule has 6 nitrogen and oxygen atoms in total. The Bertz CT molecular complexity index is 641. The van der Waals surface area contributed by atoms with Gasteiger partial charge in [0.2, 0.25) is 0 Å². The van der Waals surface area contributed by atoms with Gasteiger partial charge >= 0.3 is 5.69 Å². The molecule has 2 aliphatic rings. The van der Waals surface area contributed by atoms with Crippen LogP contribution >= 0.6 is 0 Å². The minimum absolute atomic E-state index is 0.258. The van der Waals surface area contributed by atoms with Gasteiger partial charge in [-0.15, -0.1) is 0 Å². The minimum Gasteiger partial charge on any atom is -0.329 e. The van der Waals surface area contributed by atoms with E-state index in [2.05, 4.69) is 9.97 Å². The molecule has 0 bridgehead atoms. The Morgan fingerprint density at radius 3 is 2.53 bits per heavy atom. The lowest BCUT2D eigenvalue weighted by atomic mass is 10.3. The van der Waals surface area contributed by atoms with E-state index >= 15 is 0 Å². The van der Waals surface area contributed by atoms with Crippen molar-refractivity contribution in [1.29, 1.82) is 0 Å². The highest BCUT2D eigenvalue weighted by molar-refractivity contribution is 5.49. The summed E-state index contributed by atoms with van der Waals surface area (Å²) in [5.41, 5.74) is 0.137. The summed E-state index contributed by atoms with van der Waals surface area (Å²) in [6, 6.07) is 0. The molecule has 0 amide bonds. The Labute approximate surface area is 97.9 Å². The van der Waals surface area contributed by atoms with E-state index in [0.29, 0.717) is 12.4 Å². The van der Waals surface area contributed by atoms with Gasteiger partial charge in [0.25, 0.3) is 5.56 Å². The minimum atomic E-state index is -0.546. The molecule has 0 N–H and O–H groups in total. The van der Waals surface area contributed by atoms with Crippen LogP contribution in [-0.4, -0.2) is 19.1 Å². The maximum atomic E-state index is 11.9. The van der Waals surface area contributed by atoms with Crippen LogP contribution in [0.25, 0.3) is 11.5 Å². The van der Waals surface area contributed by atoms with Crippen molar-refractivity contribution in [2.24, 2.45) is 7.05 Å². The zero-order valence-electron chi connectivity index (χ0n) is 10.1. The molecule has 0 fully saturated rings. The lowest BCUT2D eigenvalue weighted by molar-refractivity contribution is 0.686. The van der Waals surface area contributed by atoms with Crippen molar-refractivity contribution in [3.05, 3.63) is 32.7 Å². The topological polar surface area (TPSA) is 69.8 Å². The summed E-state index contributed by atoms with van der Waals surface area (Å²) in [5.74, 6) is 0.359. The highest BCUT2D eigenvalue weighted by Gasteiger charge is 2.17. The van der Waals surface area contributed by atoms with Gasteiger partial charge < -0.3 is 4.57 Å². The maximum Gasteiger partial charge on any atom is 0.352 e. The molecule has 0 spiro atoms. The summed E-state index contributed by atoms with van der Waals surface area (Å²) in [5, 5.41) is 0. The van der Waals surface area contributed by atoms with Crippen molar-refractivity contribution in [3.63, 3.8) is 0 Å². The Morgan fingerprint density at radius 2 is 1.94 bits per heavy atom. The van der Waals surface area contributed by atoms with Gasteiger partial charge in [-0.05, 0) is 13.3 Å². The van der Waals surface area contributed by atoms with Crippen LogP contribution in [0.15, 0.2) is 15.8 Å². The first-order valence-corrected chi connectivity index (χ1v) is 5.55. The number of fused-ring (bicyclic) bond motifs is 1. The average Bonchev–Trinajstić information content (AvgIpc) is 2.35. The predicted octanol–water partition coefficient (Wildman–Crippen LogP) is 0.0241. The zero-order valence-corrected chi connectivity index (χ0v) is 10.1. The molecule has 0 aromatic rings. The van der Waals surface area contributed by atoms with Gasteiger partial charge in [-0.3, -0.25) is 9.36 Å². The van der Waals surface area contributed by atoms with Gasteiger partial charge in [0.1, 0.15) is 0 Å². The molecule has 90 valence electrons. The molecule has 2 heterocycles. The third-order valence-corrected chi connectivity index (χ3v) is 2.74. The molecule has 0 unspecified atom stereocenters. The highest BCUT2D eigenvalue weighted by Crippen LogP contribution is 2.12. The maximum absolute atomic E-state index is 11.9. The molecule has 0 aliphatic carbocycles. The smallest absolute Gasteiger partial charge is 0.329 e. The lowest BCUT2D eigenvalue weighted by Gasteiger charge is -2.13. The Balaban J connectivity index is 2.94. The fraction of sp³-hybridized carbons (Fsp3) is 0.455. The van der Waals surface area contributed by atoms with Gasteiger partial charge in [0, 0.05) is 19.8 Å². The van der Waals surface area contributed by atoms with Crippen LogP contribution in [0.2, 0.25) is 0 Å². The normalized spacial score (nSPS) is 11.0. The molecule has 17 heavy (non-hydrogen) atoms.